The van der Waals surface area contributed by atoms with Crippen molar-refractivity contribution in [2.45, 2.75) is 6.92 Å². The number of carbonyl (C=O) groups is 3. The standard InChI is InChI=1S/C20H18N2O5/c1-12-5-4-6-14(9-12)22-19(24)16(18(23)21-20(22)25)11-13-10-15(26-2)7-8-17(13)27-3/h4-11H,1-3H3,(H,21,23,25)/b16-11-. The van der Waals surface area contributed by atoms with Crippen molar-refractivity contribution in [3.8, 4) is 11.5 Å². The van der Waals surface area contributed by atoms with E-state index >= 15 is 0 Å². The second-order valence-electron chi connectivity index (χ2n) is 5.90. The van der Waals surface area contributed by atoms with Crippen LogP contribution in [0.5, 0.6) is 11.5 Å². The van der Waals surface area contributed by atoms with Crippen LogP contribution in [0.2, 0.25) is 0 Å². The van der Waals surface area contributed by atoms with Crippen molar-refractivity contribution < 1.29 is 23.9 Å². The van der Waals surface area contributed by atoms with Crippen LogP contribution in [0.25, 0.3) is 6.08 Å². The molecule has 1 aliphatic heterocycles. The molecule has 2 aromatic rings. The molecule has 1 heterocycles. The van der Waals surface area contributed by atoms with Crippen LogP contribution in [0.15, 0.2) is 48.0 Å². The van der Waals surface area contributed by atoms with Gasteiger partial charge in [0.15, 0.2) is 0 Å². The molecule has 3 rings (SSSR count). The molecule has 1 fully saturated rings. The molecule has 0 aliphatic carbocycles. The summed E-state index contributed by atoms with van der Waals surface area (Å²) in [5.74, 6) is -0.473. The van der Waals surface area contributed by atoms with E-state index in [4.69, 9.17) is 9.47 Å². The molecule has 0 radical (unpaired) electrons. The Hall–Kier alpha value is -3.61. The average molecular weight is 366 g/mol. The largest absolute Gasteiger partial charge is 0.497 e. The number of nitrogens with zero attached hydrogens (tertiary/aromatic N) is 1. The fraction of sp³-hybridized carbons (Fsp3) is 0.150. The van der Waals surface area contributed by atoms with Crippen LogP contribution in [-0.2, 0) is 9.59 Å². The quantitative estimate of drug-likeness (QED) is 0.664. The highest BCUT2D eigenvalue weighted by molar-refractivity contribution is 6.39. The van der Waals surface area contributed by atoms with Crippen LogP contribution in [0.3, 0.4) is 0 Å². The minimum atomic E-state index is -0.787. The highest BCUT2D eigenvalue weighted by Gasteiger charge is 2.37. The molecule has 1 saturated heterocycles. The van der Waals surface area contributed by atoms with Crippen LogP contribution >= 0.6 is 0 Å². The van der Waals surface area contributed by atoms with Gasteiger partial charge in [0.05, 0.1) is 19.9 Å². The van der Waals surface area contributed by atoms with Crippen LogP contribution < -0.4 is 19.7 Å². The summed E-state index contributed by atoms with van der Waals surface area (Å²) in [5, 5.41) is 2.20. The lowest BCUT2D eigenvalue weighted by molar-refractivity contribution is -0.122. The molecule has 7 nitrogen and oxygen atoms in total. The van der Waals surface area contributed by atoms with E-state index in [2.05, 4.69) is 5.32 Å². The molecule has 0 saturated carbocycles. The predicted molar refractivity (Wildman–Crippen MR) is 99.7 cm³/mol. The van der Waals surface area contributed by atoms with Crippen LogP contribution in [0, 0.1) is 6.92 Å². The van der Waals surface area contributed by atoms with Crippen LogP contribution in [0.4, 0.5) is 10.5 Å². The molecule has 4 amide bonds. The highest BCUT2D eigenvalue weighted by atomic mass is 16.5. The number of barbiturate groups is 1. The van der Waals surface area contributed by atoms with Crippen molar-refractivity contribution in [2.75, 3.05) is 19.1 Å². The predicted octanol–water partition coefficient (Wildman–Crippen LogP) is 2.68. The summed E-state index contributed by atoms with van der Waals surface area (Å²) in [6.07, 6.45) is 1.38. The number of nitrogens with one attached hydrogen (secondary N) is 1. The molecule has 138 valence electrons. The lowest BCUT2D eigenvalue weighted by Crippen LogP contribution is -2.54. The van der Waals surface area contributed by atoms with E-state index in [1.807, 2.05) is 13.0 Å². The number of hydrogen-bond donors (Lipinski definition) is 1. The van der Waals surface area contributed by atoms with Gasteiger partial charge in [-0.25, -0.2) is 9.69 Å². The van der Waals surface area contributed by atoms with E-state index in [0.717, 1.165) is 10.5 Å². The first-order chi connectivity index (χ1) is 12.9. The summed E-state index contributed by atoms with van der Waals surface area (Å²) >= 11 is 0. The molecule has 7 heteroatoms. The SMILES string of the molecule is COc1ccc(OC)c(/C=C2/C(=O)NC(=O)N(c3cccc(C)c3)C2=O)c1. The zero-order chi connectivity index (χ0) is 19.6. The van der Waals surface area contributed by atoms with Crippen LogP contribution in [-0.4, -0.2) is 32.1 Å². The van der Waals surface area contributed by atoms with Crippen molar-refractivity contribution in [2.24, 2.45) is 0 Å². The molecule has 0 bridgehead atoms. The van der Waals surface area contributed by atoms with Crippen molar-refractivity contribution >= 4 is 29.6 Å². The Balaban J connectivity index is 2.07. The van der Waals surface area contributed by atoms with Gasteiger partial charge in [0.25, 0.3) is 11.8 Å². The van der Waals surface area contributed by atoms with Gasteiger partial charge in [-0.1, -0.05) is 12.1 Å². The Bertz CT molecular complexity index is 965. The second kappa shape index (κ2) is 7.33. The summed E-state index contributed by atoms with van der Waals surface area (Å²) in [6, 6.07) is 11.1. The summed E-state index contributed by atoms with van der Waals surface area (Å²) in [7, 11) is 2.99. The molecule has 1 aliphatic rings. The number of urea groups is 1. The van der Waals surface area contributed by atoms with Gasteiger partial charge in [-0.05, 0) is 48.9 Å². The number of benzene rings is 2. The molecule has 0 spiro atoms. The number of aryl methyl sites for hydroxylation is 1. The molecular weight excluding hydrogens is 348 g/mol. The normalized spacial score (nSPS) is 15.7. The first-order valence-electron chi connectivity index (χ1n) is 8.14. The van der Waals surface area contributed by atoms with E-state index in [1.165, 1.54) is 20.3 Å². The van der Waals surface area contributed by atoms with Crippen molar-refractivity contribution in [1.82, 2.24) is 5.32 Å². The Labute approximate surface area is 156 Å². The smallest absolute Gasteiger partial charge is 0.335 e. The third-order valence-electron chi connectivity index (χ3n) is 4.10. The summed E-state index contributed by atoms with van der Waals surface area (Å²) in [5.41, 5.74) is 1.56. The first-order valence-corrected chi connectivity index (χ1v) is 8.14. The van der Waals surface area contributed by atoms with Gasteiger partial charge >= 0.3 is 6.03 Å². The van der Waals surface area contributed by atoms with Crippen LogP contribution in [0.1, 0.15) is 11.1 Å². The van der Waals surface area contributed by atoms with Gasteiger partial charge in [-0.2, -0.15) is 0 Å². The van der Waals surface area contributed by atoms with Gasteiger partial charge in [0, 0.05) is 5.56 Å². The molecule has 0 atom stereocenters. The topological polar surface area (TPSA) is 84.9 Å². The lowest BCUT2D eigenvalue weighted by Gasteiger charge is -2.26. The molecule has 0 unspecified atom stereocenters. The number of carbonyl (C=O) groups excluding carboxylic acids is 3. The Morgan fingerprint density at radius 1 is 1.00 bits per heavy atom. The van der Waals surface area contributed by atoms with E-state index in [1.54, 1.807) is 36.4 Å². The number of methoxy groups -OCH3 is 2. The van der Waals surface area contributed by atoms with Crippen molar-refractivity contribution in [3.05, 3.63) is 59.2 Å². The Morgan fingerprint density at radius 2 is 1.78 bits per heavy atom. The lowest BCUT2D eigenvalue weighted by atomic mass is 10.1. The summed E-state index contributed by atoms with van der Waals surface area (Å²) in [4.78, 5) is 38.4. The monoisotopic (exact) mass is 366 g/mol. The number of hydrogen-bond acceptors (Lipinski definition) is 5. The minimum absolute atomic E-state index is 0.178. The maximum absolute atomic E-state index is 12.9. The van der Waals surface area contributed by atoms with Crippen molar-refractivity contribution in [1.29, 1.82) is 0 Å². The fourth-order valence-corrected chi connectivity index (χ4v) is 2.77. The number of ether oxygens (including phenoxy) is 2. The average Bonchev–Trinajstić information content (AvgIpc) is 2.64. The molecule has 1 N–H and O–H groups in total. The van der Waals surface area contributed by atoms with E-state index < -0.39 is 17.8 Å². The molecule has 2 aromatic carbocycles. The molecule has 0 aromatic heterocycles. The van der Waals surface area contributed by atoms with Gasteiger partial charge < -0.3 is 9.47 Å². The number of amides is 4. The number of rotatable bonds is 4. The van der Waals surface area contributed by atoms with Crippen molar-refractivity contribution in [3.63, 3.8) is 0 Å². The zero-order valence-electron chi connectivity index (χ0n) is 15.1. The third-order valence-corrected chi connectivity index (χ3v) is 4.10. The van der Waals surface area contributed by atoms with Gasteiger partial charge in [0.2, 0.25) is 0 Å². The van der Waals surface area contributed by atoms with Gasteiger partial charge in [-0.3, -0.25) is 14.9 Å². The Kier molecular flexibility index (Phi) is 4.94. The fourth-order valence-electron chi connectivity index (χ4n) is 2.77. The second-order valence-corrected chi connectivity index (χ2v) is 5.90. The summed E-state index contributed by atoms with van der Waals surface area (Å²) < 4.78 is 10.5. The first kappa shape index (κ1) is 18.2. The number of imide groups is 2. The summed E-state index contributed by atoms with van der Waals surface area (Å²) in [6.45, 7) is 1.85. The molecular formula is C20H18N2O5. The van der Waals surface area contributed by atoms with E-state index in [0.29, 0.717) is 22.7 Å². The minimum Gasteiger partial charge on any atom is -0.497 e. The zero-order valence-corrected chi connectivity index (χ0v) is 15.1. The van der Waals surface area contributed by atoms with Gasteiger partial charge in [-0.15, -0.1) is 0 Å². The van der Waals surface area contributed by atoms with E-state index in [-0.39, 0.29) is 5.57 Å². The highest BCUT2D eigenvalue weighted by Crippen LogP contribution is 2.28. The maximum Gasteiger partial charge on any atom is 0.335 e. The van der Waals surface area contributed by atoms with E-state index in [9.17, 15) is 14.4 Å². The van der Waals surface area contributed by atoms with Gasteiger partial charge in [0.1, 0.15) is 17.1 Å². The maximum atomic E-state index is 12.9. The third kappa shape index (κ3) is 3.52. The Morgan fingerprint density at radius 3 is 2.44 bits per heavy atom. The molecule has 27 heavy (non-hydrogen) atoms. The number of anilines is 1.